The highest BCUT2D eigenvalue weighted by atomic mass is 32.2. The Bertz CT molecular complexity index is 1550. The average molecular weight is 611 g/mol. The first kappa shape index (κ1) is 29.8. The van der Waals surface area contributed by atoms with Crippen molar-refractivity contribution in [3.8, 4) is 0 Å². The lowest BCUT2D eigenvalue weighted by atomic mass is 9.92. The minimum absolute atomic E-state index is 0.0909. The zero-order chi connectivity index (χ0) is 30.8. The Morgan fingerprint density at radius 2 is 1.88 bits per heavy atom. The van der Waals surface area contributed by atoms with Gasteiger partial charge in [-0.05, 0) is 80.5 Å². The summed E-state index contributed by atoms with van der Waals surface area (Å²) in [6.45, 7) is 13.0. The van der Waals surface area contributed by atoms with Crippen molar-refractivity contribution >= 4 is 39.3 Å². The van der Waals surface area contributed by atoms with Crippen LogP contribution in [0.5, 0.6) is 0 Å². The molecular weight excluding hydrogens is 568 g/mol. The third-order valence-corrected chi connectivity index (χ3v) is 10.6. The summed E-state index contributed by atoms with van der Waals surface area (Å²) in [7, 11) is -4.26. The van der Waals surface area contributed by atoms with Gasteiger partial charge in [-0.3, -0.25) is 14.5 Å². The summed E-state index contributed by atoms with van der Waals surface area (Å²) in [5.74, 6) is 0.829. The molecule has 2 N–H and O–H groups in total. The normalized spacial score (nSPS) is 27.8. The highest BCUT2D eigenvalue weighted by Crippen LogP contribution is 2.64. The van der Waals surface area contributed by atoms with Gasteiger partial charge in [-0.25, -0.2) is 14.7 Å². The summed E-state index contributed by atoms with van der Waals surface area (Å²) in [5, 5.41) is 3.02. The molecule has 1 spiro atoms. The summed E-state index contributed by atoms with van der Waals surface area (Å²) in [4.78, 5) is 40.0. The summed E-state index contributed by atoms with van der Waals surface area (Å²) < 4.78 is 34.7. The molecule has 0 radical (unpaired) electrons. The van der Waals surface area contributed by atoms with E-state index < -0.39 is 22.0 Å². The minimum atomic E-state index is -4.26. The van der Waals surface area contributed by atoms with Crippen molar-refractivity contribution in [1.82, 2.24) is 14.7 Å². The molecule has 1 saturated carbocycles. The monoisotopic (exact) mass is 610 g/mol. The average Bonchev–Trinajstić information content (AvgIpc) is 3.31. The van der Waals surface area contributed by atoms with Crippen molar-refractivity contribution in [2.45, 2.75) is 83.4 Å². The van der Waals surface area contributed by atoms with Gasteiger partial charge in [-0.15, -0.1) is 0 Å². The lowest BCUT2D eigenvalue weighted by molar-refractivity contribution is -0.127. The molecule has 0 aromatic carbocycles. The summed E-state index contributed by atoms with van der Waals surface area (Å²) in [5.41, 5.74) is 0.00427. The molecule has 3 atom stereocenters. The predicted octanol–water partition coefficient (Wildman–Crippen LogP) is 3.96. The number of pyridine rings is 2. The van der Waals surface area contributed by atoms with Crippen LogP contribution in [0.25, 0.3) is 0 Å². The van der Waals surface area contributed by atoms with Crippen LogP contribution in [0.2, 0.25) is 0 Å². The Morgan fingerprint density at radius 1 is 1.09 bits per heavy atom. The molecule has 5 heterocycles. The first-order chi connectivity index (χ1) is 20.2. The van der Waals surface area contributed by atoms with Gasteiger partial charge in [-0.2, -0.15) is 8.42 Å². The highest BCUT2D eigenvalue weighted by Gasteiger charge is 2.62. The summed E-state index contributed by atoms with van der Waals surface area (Å²) in [6.07, 6.45) is 3.80. The van der Waals surface area contributed by atoms with E-state index in [9.17, 15) is 18.0 Å². The number of sulfonamides is 1. The fourth-order valence-electron chi connectivity index (χ4n) is 6.94. The third-order valence-electron chi connectivity index (χ3n) is 9.34. The number of hydrogen-bond acceptors (Lipinski definition) is 9. The van der Waals surface area contributed by atoms with Crippen molar-refractivity contribution in [2.24, 2.45) is 16.7 Å². The van der Waals surface area contributed by atoms with Crippen molar-refractivity contribution in [3.63, 3.8) is 0 Å². The van der Waals surface area contributed by atoms with E-state index in [1.165, 1.54) is 6.07 Å². The number of carbonyl (C=O) groups excluding carboxylic acids is 2. The van der Waals surface area contributed by atoms with E-state index in [0.29, 0.717) is 56.0 Å². The van der Waals surface area contributed by atoms with Gasteiger partial charge >= 0.3 is 0 Å². The maximum Gasteiger partial charge on any atom is 0.281 e. The fourth-order valence-corrected chi connectivity index (χ4v) is 7.87. The van der Waals surface area contributed by atoms with Crippen LogP contribution in [-0.2, 0) is 19.6 Å². The molecule has 4 aliphatic rings. The van der Waals surface area contributed by atoms with Crippen molar-refractivity contribution < 1.29 is 22.7 Å². The second kappa shape index (κ2) is 10.4. The van der Waals surface area contributed by atoms with Gasteiger partial charge in [0.1, 0.15) is 23.6 Å². The van der Waals surface area contributed by atoms with Crippen LogP contribution in [0, 0.1) is 16.7 Å². The summed E-state index contributed by atoms with van der Waals surface area (Å²) in [6, 6.07) is 7.90. The molecule has 6 rings (SSSR count). The van der Waals surface area contributed by atoms with Crippen LogP contribution in [0.3, 0.4) is 0 Å². The number of rotatable bonds is 4. The molecular formula is C31H42N6O5S. The number of aromatic nitrogens is 2. The molecule has 2 amide bonds. The van der Waals surface area contributed by atoms with Gasteiger partial charge in [0.25, 0.3) is 21.8 Å². The standard InChI is InChI=1S/C31H42N6O5S/c1-29(2,3)13-16-42-22-12-15-36(28(22)39)24-10-9-21-26(34-24)37-19-31(18-30(37,4)5)17-20(31)11-14-32-23-7-6-8-25(33-23)43(40,41)35-27(21)38/h6-10,20,22H,11-19H2,1-5H3,(H,32,33)(H,35,38). The molecule has 43 heavy (non-hydrogen) atoms. The van der Waals surface area contributed by atoms with Crippen LogP contribution in [0.1, 0.15) is 77.1 Å². The lowest BCUT2D eigenvalue weighted by Crippen LogP contribution is -2.41. The smallest absolute Gasteiger partial charge is 0.281 e. The van der Waals surface area contributed by atoms with E-state index in [1.807, 2.05) is 0 Å². The number of fused-ring (bicyclic) bond motifs is 5. The van der Waals surface area contributed by atoms with E-state index in [0.717, 1.165) is 25.7 Å². The number of nitrogens with zero attached hydrogens (tertiary/aromatic N) is 4. The Hall–Kier alpha value is -3.25. The number of anilines is 3. The van der Waals surface area contributed by atoms with E-state index >= 15 is 0 Å². The van der Waals surface area contributed by atoms with Gasteiger partial charge in [0.2, 0.25) is 0 Å². The van der Waals surface area contributed by atoms with Crippen LogP contribution in [-0.4, -0.2) is 68.1 Å². The number of ether oxygens (including phenoxy) is 1. The third kappa shape index (κ3) is 5.83. The number of amides is 2. The molecule has 2 aromatic heterocycles. The quantitative estimate of drug-likeness (QED) is 0.528. The fraction of sp³-hybridized carbons (Fsp3) is 0.613. The van der Waals surface area contributed by atoms with Crippen molar-refractivity contribution in [2.75, 3.05) is 41.4 Å². The Morgan fingerprint density at radius 3 is 2.65 bits per heavy atom. The van der Waals surface area contributed by atoms with Crippen LogP contribution >= 0.6 is 0 Å². The van der Waals surface area contributed by atoms with E-state index in [-0.39, 0.29) is 32.9 Å². The highest BCUT2D eigenvalue weighted by molar-refractivity contribution is 7.90. The maximum atomic E-state index is 13.7. The molecule has 3 fully saturated rings. The minimum Gasteiger partial charge on any atom is -0.370 e. The molecule has 3 unspecified atom stereocenters. The van der Waals surface area contributed by atoms with Crippen LogP contribution in [0.4, 0.5) is 17.5 Å². The molecule has 4 bridgehead atoms. The topological polar surface area (TPSA) is 134 Å². The first-order valence-corrected chi connectivity index (χ1v) is 16.7. The maximum absolute atomic E-state index is 13.7. The number of hydrogen-bond donors (Lipinski definition) is 2. The Balaban J connectivity index is 1.35. The SMILES string of the molecule is CC(C)(C)CCOC1CCN(c2ccc3c(n2)N2CC4(CC4CCNc4cccc(n4)S(=O)(=O)NC3=O)CC2(C)C)C1=O. The Labute approximate surface area is 253 Å². The van der Waals surface area contributed by atoms with E-state index in [4.69, 9.17) is 9.72 Å². The molecule has 3 aliphatic heterocycles. The number of nitrogens with one attached hydrogen (secondary N) is 2. The van der Waals surface area contributed by atoms with Crippen molar-refractivity contribution in [1.29, 1.82) is 0 Å². The summed E-state index contributed by atoms with van der Waals surface area (Å²) >= 11 is 0. The molecule has 232 valence electrons. The molecule has 1 aliphatic carbocycles. The first-order valence-electron chi connectivity index (χ1n) is 15.2. The molecule has 12 heteroatoms. The second-order valence-corrected chi connectivity index (χ2v) is 16.0. The molecule has 2 aromatic rings. The molecule has 11 nitrogen and oxygen atoms in total. The number of carbonyl (C=O) groups is 2. The largest absolute Gasteiger partial charge is 0.370 e. The lowest BCUT2D eigenvalue weighted by Gasteiger charge is -2.34. The van der Waals surface area contributed by atoms with E-state index in [1.54, 1.807) is 29.2 Å². The van der Waals surface area contributed by atoms with Gasteiger partial charge in [-0.1, -0.05) is 26.8 Å². The van der Waals surface area contributed by atoms with Crippen LogP contribution < -0.4 is 19.8 Å². The van der Waals surface area contributed by atoms with Gasteiger partial charge in [0.05, 0.1) is 5.56 Å². The van der Waals surface area contributed by atoms with Gasteiger partial charge in [0, 0.05) is 38.2 Å². The van der Waals surface area contributed by atoms with Gasteiger partial charge < -0.3 is 15.0 Å². The second-order valence-electron chi connectivity index (χ2n) is 14.3. The Kier molecular flexibility index (Phi) is 7.23. The zero-order valence-corrected chi connectivity index (χ0v) is 26.5. The predicted molar refractivity (Wildman–Crippen MR) is 164 cm³/mol. The van der Waals surface area contributed by atoms with Crippen LogP contribution in [0.15, 0.2) is 35.4 Å². The van der Waals surface area contributed by atoms with Crippen molar-refractivity contribution in [3.05, 3.63) is 35.9 Å². The van der Waals surface area contributed by atoms with E-state index in [2.05, 4.69) is 54.5 Å². The van der Waals surface area contributed by atoms with Gasteiger partial charge in [0.15, 0.2) is 5.03 Å². The molecule has 2 saturated heterocycles. The zero-order valence-electron chi connectivity index (χ0n) is 25.6.